The van der Waals surface area contributed by atoms with E-state index in [1.54, 1.807) is 37.3 Å². The summed E-state index contributed by atoms with van der Waals surface area (Å²) in [4.78, 5) is 26.1. The van der Waals surface area contributed by atoms with Crippen molar-refractivity contribution in [3.63, 3.8) is 0 Å². The van der Waals surface area contributed by atoms with Gasteiger partial charge in [0.25, 0.3) is 0 Å². The SMILES string of the molecule is C=C/C(=C\C1=C(C)C(=C)/C(=C\C(=C/C)OC(=O)c2ccc(-c3ccc(C)cc3)cc2F)C1C)OC(=O)c1ccc(-c2ccc(C)cc2)cc1F. The van der Waals surface area contributed by atoms with Gasteiger partial charge < -0.3 is 9.47 Å². The number of carbonyl (C=O) groups excluding carboxylic acids is 2. The van der Waals surface area contributed by atoms with Crippen LogP contribution in [0.3, 0.4) is 0 Å². The second-order valence-electron chi connectivity index (χ2n) is 12.2. The molecule has 50 heavy (non-hydrogen) atoms. The van der Waals surface area contributed by atoms with Crippen LogP contribution in [0.25, 0.3) is 22.3 Å². The number of aryl methyl sites for hydroxylation is 2. The molecule has 0 aliphatic heterocycles. The molecule has 1 aliphatic carbocycles. The number of ether oxygens (including phenoxy) is 2. The van der Waals surface area contributed by atoms with Crippen molar-refractivity contribution in [2.75, 3.05) is 0 Å². The van der Waals surface area contributed by atoms with Crippen LogP contribution in [-0.4, -0.2) is 11.9 Å². The number of esters is 2. The molecule has 4 aromatic carbocycles. The van der Waals surface area contributed by atoms with Crippen LogP contribution in [0.4, 0.5) is 8.78 Å². The van der Waals surface area contributed by atoms with Crippen LogP contribution in [0.5, 0.6) is 0 Å². The highest BCUT2D eigenvalue weighted by Crippen LogP contribution is 2.42. The first kappa shape index (κ1) is 35.4. The highest BCUT2D eigenvalue weighted by Gasteiger charge is 2.28. The Labute approximate surface area is 292 Å². The van der Waals surface area contributed by atoms with E-state index in [0.29, 0.717) is 16.7 Å². The smallest absolute Gasteiger partial charge is 0.346 e. The molecular weight excluding hydrogens is 630 g/mol. The molecule has 252 valence electrons. The van der Waals surface area contributed by atoms with Gasteiger partial charge in [-0.3, -0.25) is 0 Å². The number of halogens is 2. The lowest BCUT2D eigenvalue weighted by Crippen LogP contribution is -2.08. The first-order chi connectivity index (χ1) is 23.9. The average molecular weight is 669 g/mol. The van der Waals surface area contributed by atoms with E-state index in [4.69, 9.17) is 9.47 Å². The lowest BCUT2D eigenvalue weighted by molar-refractivity contribution is 0.0621. The minimum atomic E-state index is -0.857. The Morgan fingerprint density at radius 3 is 1.56 bits per heavy atom. The number of rotatable bonds is 9. The number of benzene rings is 4. The molecule has 6 heteroatoms. The van der Waals surface area contributed by atoms with E-state index in [2.05, 4.69) is 13.2 Å². The maximum Gasteiger partial charge on any atom is 0.346 e. The fourth-order valence-corrected chi connectivity index (χ4v) is 5.73. The van der Waals surface area contributed by atoms with Crippen molar-refractivity contribution in [3.8, 4) is 22.3 Å². The molecule has 0 fully saturated rings. The van der Waals surface area contributed by atoms with Crippen LogP contribution in [0, 0.1) is 31.4 Å². The van der Waals surface area contributed by atoms with Gasteiger partial charge in [0.15, 0.2) is 0 Å². The van der Waals surface area contributed by atoms with E-state index in [1.165, 1.54) is 30.3 Å². The summed E-state index contributed by atoms with van der Waals surface area (Å²) in [6.07, 6.45) is 6.36. The minimum Gasteiger partial charge on any atom is -0.423 e. The van der Waals surface area contributed by atoms with Gasteiger partial charge in [0.2, 0.25) is 0 Å². The Kier molecular flexibility index (Phi) is 10.7. The molecule has 0 heterocycles. The quantitative estimate of drug-likeness (QED) is 0.101. The average Bonchev–Trinajstić information content (AvgIpc) is 3.29. The Bertz CT molecular complexity index is 2130. The van der Waals surface area contributed by atoms with E-state index < -0.39 is 23.6 Å². The molecule has 5 rings (SSSR count). The lowest BCUT2D eigenvalue weighted by atomic mass is 9.96. The van der Waals surface area contributed by atoms with Crippen LogP contribution >= 0.6 is 0 Å². The molecule has 1 atom stereocenters. The van der Waals surface area contributed by atoms with E-state index in [9.17, 15) is 9.59 Å². The van der Waals surface area contributed by atoms with Gasteiger partial charge in [0.05, 0.1) is 11.1 Å². The largest absolute Gasteiger partial charge is 0.423 e. The fraction of sp³-hybridized carbons (Fsp3) is 0.136. The minimum absolute atomic E-state index is 0.134. The highest BCUT2D eigenvalue weighted by atomic mass is 19.1. The molecular formula is C44H38F2O4. The summed E-state index contributed by atoms with van der Waals surface area (Å²) >= 11 is 0. The third kappa shape index (κ3) is 7.71. The van der Waals surface area contributed by atoms with Crippen LogP contribution in [-0.2, 0) is 9.47 Å². The van der Waals surface area contributed by atoms with Gasteiger partial charge in [-0.2, -0.15) is 0 Å². The van der Waals surface area contributed by atoms with Gasteiger partial charge in [0.1, 0.15) is 23.2 Å². The normalized spacial score (nSPS) is 15.8. The number of carbonyl (C=O) groups is 2. The predicted octanol–water partition coefficient (Wildman–Crippen LogP) is 11.4. The molecule has 0 radical (unpaired) electrons. The summed E-state index contributed by atoms with van der Waals surface area (Å²) in [5, 5.41) is 0. The molecule has 0 saturated heterocycles. The number of allylic oxidation sites excluding steroid dienone is 8. The Hall–Kier alpha value is -5.88. The zero-order chi connectivity index (χ0) is 36.1. The molecule has 1 aliphatic rings. The van der Waals surface area contributed by atoms with Gasteiger partial charge in [0, 0.05) is 5.92 Å². The molecule has 0 saturated carbocycles. The molecule has 0 spiro atoms. The van der Waals surface area contributed by atoms with Gasteiger partial charge in [-0.25, -0.2) is 18.4 Å². The van der Waals surface area contributed by atoms with Crippen LogP contribution in [0.15, 0.2) is 156 Å². The molecule has 1 unspecified atom stereocenters. The van der Waals surface area contributed by atoms with Crippen LogP contribution in [0.1, 0.15) is 52.6 Å². The van der Waals surface area contributed by atoms with E-state index in [-0.39, 0.29) is 28.6 Å². The van der Waals surface area contributed by atoms with Gasteiger partial charge in [-0.15, -0.1) is 0 Å². The molecule has 4 nitrogen and oxygen atoms in total. The maximum atomic E-state index is 15.1. The van der Waals surface area contributed by atoms with Crippen molar-refractivity contribution < 1.29 is 27.8 Å². The zero-order valence-electron chi connectivity index (χ0n) is 28.8. The molecule has 0 amide bonds. The standard InChI is InChI=1S/C44H38F2O4/c1-8-35(49-43(47)37-20-18-33(22-41(37)45)31-14-10-26(3)11-15-31)24-39-28(5)29(6)40(30(39)7)25-36(9-2)50-44(48)38-21-19-34(23-42(38)46)32-16-12-27(4)13-17-32/h8-25,30H,1,6H2,2-5,7H3/b35-24+,36-9+,40-25+. The van der Waals surface area contributed by atoms with E-state index in [1.807, 2.05) is 76.2 Å². The van der Waals surface area contributed by atoms with Crippen molar-refractivity contribution in [3.05, 3.63) is 190 Å². The second-order valence-corrected chi connectivity index (χ2v) is 12.2. The second kappa shape index (κ2) is 15.1. The summed E-state index contributed by atoms with van der Waals surface area (Å²) in [6, 6.07) is 24.1. The van der Waals surface area contributed by atoms with Gasteiger partial charge >= 0.3 is 11.9 Å². The van der Waals surface area contributed by atoms with Crippen LogP contribution < -0.4 is 0 Å². The van der Waals surface area contributed by atoms with E-state index in [0.717, 1.165) is 39.0 Å². The number of hydrogen-bond acceptors (Lipinski definition) is 4. The zero-order valence-corrected chi connectivity index (χ0v) is 28.8. The topological polar surface area (TPSA) is 52.6 Å². The van der Waals surface area contributed by atoms with Crippen molar-refractivity contribution >= 4 is 11.9 Å². The van der Waals surface area contributed by atoms with Gasteiger partial charge in [-0.1, -0.05) is 91.9 Å². The Morgan fingerprint density at radius 1 is 0.700 bits per heavy atom. The number of hydrogen-bond donors (Lipinski definition) is 0. The van der Waals surface area contributed by atoms with Crippen molar-refractivity contribution in [2.24, 2.45) is 5.92 Å². The van der Waals surface area contributed by atoms with Crippen molar-refractivity contribution in [1.82, 2.24) is 0 Å². The summed E-state index contributed by atoms with van der Waals surface area (Å²) < 4.78 is 41.4. The molecule has 0 aromatic heterocycles. The maximum absolute atomic E-state index is 15.1. The van der Waals surface area contributed by atoms with Crippen LogP contribution in [0.2, 0.25) is 0 Å². The lowest BCUT2D eigenvalue weighted by Gasteiger charge is -2.13. The predicted molar refractivity (Wildman–Crippen MR) is 195 cm³/mol. The Balaban J connectivity index is 1.30. The Morgan fingerprint density at radius 2 is 1.14 bits per heavy atom. The third-order valence-electron chi connectivity index (χ3n) is 8.82. The third-order valence-corrected chi connectivity index (χ3v) is 8.82. The summed E-state index contributed by atoms with van der Waals surface area (Å²) in [5.41, 5.74) is 7.82. The van der Waals surface area contributed by atoms with Crippen molar-refractivity contribution in [1.29, 1.82) is 0 Å². The first-order valence-corrected chi connectivity index (χ1v) is 16.2. The highest BCUT2D eigenvalue weighted by molar-refractivity contribution is 5.92. The van der Waals surface area contributed by atoms with E-state index >= 15 is 8.78 Å². The monoisotopic (exact) mass is 668 g/mol. The molecule has 4 aromatic rings. The summed E-state index contributed by atoms with van der Waals surface area (Å²) in [5.74, 6) is -2.97. The van der Waals surface area contributed by atoms with Crippen molar-refractivity contribution in [2.45, 2.75) is 34.6 Å². The van der Waals surface area contributed by atoms with Gasteiger partial charge in [-0.05, 0) is 121 Å². The fourth-order valence-electron chi connectivity index (χ4n) is 5.73. The summed E-state index contributed by atoms with van der Waals surface area (Å²) in [6.45, 7) is 17.5. The molecule has 0 bridgehead atoms. The summed E-state index contributed by atoms with van der Waals surface area (Å²) in [7, 11) is 0. The molecule has 0 N–H and O–H groups in total. The first-order valence-electron chi connectivity index (χ1n) is 16.2.